The molecule has 1 unspecified atom stereocenters. The van der Waals surface area contributed by atoms with Crippen LogP contribution in [-0.4, -0.2) is 87.1 Å². The molecule has 0 spiro atoms. The number of carbonyl (C=O) groups is 4. The minimum absolute atomic E-state index is 0.0849. The molecule has 10 nitrogen and oxygen atoms in total. The molecule has 2 aromatic carbocycles. The number of hydrogen-bond acceptors (Lipinski definition) is 5. The first-order valence-electron chi connectivity index (χ1n) is 12.4. The van der Waals surface area contributed by atoms with Gasteiger partial charge in [0.25, 0.3) is 0 Å². The number of carboxylic acids is 2. The van der Waals surface area contributed by atoms with Crippen LogP contribution >= 0.6 is 0 Å². The Morgan fingerprint density at radius 1 is 0.927 bits per heavy atom. The highest BCUT2D eigenvalue weighted by Gasteiger charge is 2.41. The van der Waals surface area contributed by atoms with E-state index in [1.165, 1.54) is 12.1 Å². The van der Waals surface area contributed by atoms with Crippen LogP contribution in [-0.2, 0) is 27.3 Å². The summed E-state index contributed by atoms with van der Waals surface area (Å²) in [6.07, 6.45) is 0.922. The number of carbonyl (C=O) groups excluding carboxylic acids is 2. The Hall–Kier alpha value is -4.46. The number of urea groups is 1. The monoisotopic (exact) mass is 580 g/mol. The molecule has 4 N–H and O–H groups in total. The van der Waals surface area contributed by atoms with Gasteiger partial charge in [-0.3, -0.25) is 4.79 Å². The van der Waals surface area contributed by atoms with Gasteiger partial charge in [-0.1, -0.05) is 12.1 Å². The molecule has 2 fully saturated rings. The average molecular weight is 581 g/mol. The maximum Gasteiger partial charge on any atom is 0.328 e. The summed E-state index contributed by atoms with van der Waals surface area (Å²) < 4.78 is 53.5. The van der Waals surface area contributed by atoms with Crippen molar-refractivity contribution in [2.75, 3.05) is 26.2 Å². The molecule has 0 aromatic heterocycles. The molecule has 0 bridgehead atoms. The molecule has 2 saturated heterocycles. The topological polar surface area (TPSA) is 144 Å². The predicted octanol–water partition coefficient (Wildman–Crippen LogP) is 2.36. The first kappa shape index (κ1) is 31.1. The zero-order valence-electron chi connectivity index (χ0n) is 21.7. The molecule has 2 aliphatic heterocycles. The van der Waals surface area contributed by atoms with Gasteiger partial charge >= 0.3 is 18.0 Å². The molecule has 220 valence electrons. The van der Waals surface area contributed by atoms with Crippen LogP contribution in [0.2, 0.25) is 0 Å². The number of nitrogens with zero attached hydrogens (tertiary/aromatic N) is 3. The summed E-state index contributed by atoms with van der Waals surface area (Å²) in [5.74, 6) is -6.45. The van der Waals surface area contributed by atoms with Gasteiger partial charge in [0, 0.05) is 63.4 Å². The van der Waals surface area contributed by atoms with Crippen molar-refractivity contribution in [3.8, 4) is 0 Å². The van der Waals surface area contributed by atoms with Gasteiger partial charge in [-0.25, -0.2) is 31.9 Å². The quantitative estimate of drug-likeness (QED) is 0.247. The third-order valence-electron chi connectivity index (χ3n) is 6.45. The van der Waals surface area contributed by atoms with Gasteiger partial charge in [0.2, 0.25) is 5.91 Å². The fourth-order valence-electron chi connectivity index (χ4n) is 4.52. The Bertz CT molecular complexity index is 1310. The molecule has 2 aromatic rings. The van der Waals surface area contributed by atoms with Crippen LogP contribution in [0.3, 0.4) is 0 Å². The van der Waals surface area contributed by atoms with E-state index < -0.39 is 35.4 Å². The van der Waals surface area contributed by atoms with Crippen LogP contribution in [0.4, 0.5) is 22.4 Å². The van der Waals surface area contributed by atoms with E-state index in [0.29, 0.717) is 50.9 Å². The molecule has 3 amide bonds. The lowest BCUT2D eigenvalue weighted by Crippen LogP contribution is -2.54. The van der Waals surface area contributed by atoms with Gasteiger partial charge < -0.3 is 30.6 Å². The van der Waals surface area contributed by atoms with Gasteiger partial charge in [-0.2, -0.15) is 0 Å². The van der Waals surface area contributed by atoms with Crippen molar-refractivity contribution in [1.29, 1.82) is 0 Å². The summed E-state index contributed by atoms with van der Waals surface area (Å²) in [5.41, 5.74) is 6.71. The van der Waals surface area contributed by atoms with Crippen LogP contribution in [0.25, 0.3) is 0 Å². The molecule has 2 atom stereocenters. The molecule has 2 heterocycles. The Morgan fingerprint density at radius 3 is 2.15 bits per heavy atom. The van der Waals surface area contributed by atoms with Crippen LogP contribution in [0.1, 0.15) is 17.5 Å². The largest absolute Gasteiger partial charge is 0.478 e. The fraction of sp³-hybridized carbons (Fsp3) is 0.333. The minimum atomic E-state index is -1.28. The number of nitrogens with two attached hydrogens (primary N) is 1. The van der Waals surface area contributed by atoms with E-state index in [9.17, 15) is 36.7 Å². The smallest absolute Gasteiger partial charge is 0.328 e. The Labute approximate surface area is 232 Å². The average Bonchev–Trinajstić information content (AvgIpc) is 3.21. The highest BCUT2D eigenvalue weighted by Crippen LogP contribution is 2.23. The minimum Gasteiger partial charge on any atom is -0.478 e. The molecular weight excluding hydrogens is 552 g/mol. The second-order valence-corrected chi connectivity index (χ2v) is 9.51. The van der Waals surface area contributed by atoms with Crippen molar-refractivity contribution in [3.63, 3.8) is 0 Å². The molecule has 14 heteroatoms. The number of rotatable bonds is 8. The normalized spacial score (nSPS) is 17.2. The molecule has 41 heavy (non-hydrogen) atoms. The number of fused-ring (bicyclic) bond motifs is 1. The van der Waals surface area contributed by atoms with E-state index in [1.807, 2.05) is 0 Å². The van der Waals surface area contributed by atoms with E-state index in [4.69, 9.17) is 15.9 Å². The molecule has 0 radical (unpaired) electrons. The van der Waals surface area contributed by atoms with Crippen molar-refractivity contribution >= 4 is 23.9 Å². The maximum atomic E-state index is 13.9. The summed E-state index contributed by atoms with van der Waals surface area (Å²) in [6, 6.07) is 6.12. The third-order valence-corrected chi connectivity index (χ3v) is 6.45. The number of amides is 3. The second kappa shape index (κ2) is 13.7. The summed E-state index contributed by atoms with van der Waals surface area (Å²) >= 11 is 0. The number of piperazine rings is 1. The summed E-state index contributed by atoms with van der Waals surface area (Å²) in [4.78, 5) is 49.6. The van der Waals surface area contributed by atoms with Crippen LogP contribution in [0, 0.1) is 23.3 Å². The van der Waals surface area contributed by atoms with Crippen LogP contribution in [0.5, 0.6) is 0 Å². The zero-order chi connectivity index (χ0) is 30.3. The lowest BCUT2D eigenvalue weighted by atomic mass is 10.0. The molecule has 2 aliphatic rings. The van der Waals surface area contributed by atoms with Crippen molar-refractivity contribution in [2.45, 2.75) is 31.5 Å². The van der Waals surface area contributed by atoms with Crippen molar-refractivity contribution < 1.29 is 47.0 Å². The van der Waals surface area contributed by atoms with E-state index in [0.717, 1.165) is 11.6 Å². The van der Waals surface area contributed by atoms with E-state index in [1.54, 1.807) is 26.8 Å². The number of hydrogen-bond donors (Lipinski definition) is 3. The van der Waals surface area contributed by atoms with Crippen LogP contribution in [0.15, 0.2) is 48.6 Å². The van der Waals surface area contributed by atoms with E-state index >= 15 is 0 Å². The van der Waals surface area contributed by atoms with Crippen molar-refractivity contribution in [2.24, 2.45) is 5.73 Å². The number of halogens is 4. The molecule has 0 saturated carbocycles. The van der Waals surface area contributed by atoms with Gasteiger partial charge in [0.05, 0.1) is 6.04 Å². The maximum absolute atomic E-state index is 13.9. The fourth-order valence-corrected chi connectivity index (χ4v) is 4.52. The molecule has 4 rings (SSSR count). The number of benzene rings is 2. The summed E-state index contributed by atoms with van der Waals surface area (Å²) in [6.45, 7) is 1.85. The Balaban J connectivity index is 0.000000507. The second-order valence-electron chi connectivity index (χ2n) is 9.51. The zero-order valence-corrected chi connectivity index (χ0v) is 21.7. The number of carboxylic acid groups (broad SMARTS) is 2. The SMILES string of the molecule is N[C@@H](CC(=O)N1CCN2C(=O)N(Cc3ccc(F)cc3)CC2C1)Cc1cc(F)c(F)cc1F.O=C(O)/C=C/C(=O)O. The lowest BCUT2D eigenvalue weighted by Gasteiger charge is -2.36. The van der Waals surface area contributed by atoms with Gasteiger partial charge in [0.1, 0.15) is 11.6 Å². The first-order chi connectivity index (χ1) is 19.3. The highest BCUT2D eigenvalue weighted by molar-refractivity contribution is 5.89. The van der Waals surface area contributed by atoms with E-state index in [-0.39, 0.29) is 42.2 Å². The predicted molar refractivity (Wildman–Crippen MR) is 136 cm³/mol. The molecular formula is C27H28F4N4O6. The third kappa shape index (κ3) is 8.76. The highest BCUT2D eigenvalue weighted by atomic mass is 19.2. The summed E-state index contributed by atoms with van der Waals surface area (Å²) in [7, 11) is 0. The number of aliphatic carboxylic acids is 2. The first-order valence-corrected chi connectivity index (χ1v) is 12.4. The summed E-state index contributed by atoms with van der Waals surface area (Å²) in [5, 5.41) is 15.6. The van der Waals surface area contributed by atoms with Crippen LogP contribution < -0.4 is 5.73 Å². The lowest BCUT2D eigenvalue weighted by molar-refractivity contribution is -0.134. The van der Waals surface area contributed by atoms with Crippen molar-refractivity contribution in [1.82, 2.24) is 14.7 Å². The Morgan fingerprint density at radius 2 is 1.54 bits per heavy atom. The van der Waals surface area contributed by atoms with Gasteiger partial charge in [-0.05, 0) is 35.7 Å². The standard InChI is InChI=1S/C23H24F4N4O2.C4H4O4/c24-16-3-1-14(2-4-16)11-30-13-18-12-29(5-6-31(18)23(30)33)22(32)9-17(28)7-15-8-20(26)21(27)10-19(15)25;5-3(6)1-2-4(7)8/h1-4,8,10,17-18H,5-7,9,11-13,28H2;1-2H,(H,5,6)(H,7,8)/b;2-1+/t17-,18?;/m1./s1. The molecule has 0 aliphatic carbocycles. The van der Waals surface area contributed by atoms with Crippen molar-refractivity contribution in [3.05, 3.63) is 82.9 Å². The van der Waals surface area contributed by atoms with Gasteiger partial charge in [0.15, 0.2) is 11.6 Å². The Kier molecular flexibility index (Phi) is 10.4. The van der Waals surface area contributed by atoms with E-state index in [2.05, 4.69) is 0 Å². The van der Waals surface area contributed by atoms with Gasteiger partial charge in [-0.15, -0.1) is 0 Å².